The molecule has 208 valence electrons. The lowest BCUT2D eigenvalue weighted by Crippen LogP contribution is -2.65. The monoisotopic (exact) mass is 631 g/mol. The molecule has 2 aromatic carbocycles. The van der Waals surface area contributed by atoms with Gasteiger partial charge in [0.15, 0.2) is 0 Å². The lowest BCUT2D eigenvalue weighted by Gasteiger charge is -2.51. The largest absolute Gasteiger partial charge is 0.368 e. The van der Waals surface area contributed by atoms with E-state index < -0.39 is 31.4 Å². The molecule has 7 nitrogen and oxygen atoms in total. The third-order valence-electron chi connectivity index (χ3n) is 7.55. The van der Waals surface area contributed by atoms with Gasteiger partial charge in [-0.05, 0) is 48.4 Å². The van der Waals surface area contributed by atoms with Crippen molar-refractivity contribution in [2.45, 2.75) is 56.4 Å². The van der Waals surface area contributed by atoms with Crippen LogP contribution in [0.4, 0.5) is 5.69 Å². The number of carbonyl (C=O) groups excluding carboxylic acids is 3. The first-order chi connectivity index (χ1) is 18.3. The van der Waals surface area contributed by atoms with Crippen LogP contribution in [0.1, 0.15) is 30.4 Å². The number of nitrogens with two attached hydrogens (primary N) is 1. The number of rotatable bonds is 9. The van der Waals surface area contributed by atoms with Gasteiger partial charge in [0.05, 0.1) is 18.3 Å². The van der Waals surface area contributed by atoms with Crippen LogP contribution < -0.4 is 10.6 Å². The van der Waals surface area contributed by atoms with E-state index in [0.717, 1.165) is 21.6 Å². The molecule has 0 aliphatic carbocycles. The third-order valence-corrected chi connectivity index (χ3v) is 9.98. The van der Waals surface area contributed by atoms with Crippen molar-refractivity contribution in [3.8, 4) is 0 Å². The molecule has 39 heavy (non-hydrogen) atoms. The van der Waals surface area contributed by atoms with E-state index in [1.807, 2.05) is 30.3 Å². The van der Waals surface area contributed by atoms with Crippen molar-refractivity contribution in [2.24, 2.45) is 5.73 Å². The van der Waals surface area contributed by atoms with Crippen LogP contribution in [-0.4, -0.2) is 56.6 Å². The minimum Gasteiger partial charge on any atom is -0.368 e. The van der Waals surface area contributed by atoms with Gasteiger partial charge in [-0.2, -0.15) is 0 Å². The predicted molar refractivity (Wildman–Crippen MR) is 161 cm³/mol. The number of anilines is 1. The number of hydrogen-bond donors (Lipinski definition) is 1. The van der Waals surface area contributed by atoms with Crippen molar-refractivity contribution in [3.05, 3.63) is 75.2 Å². The average molecular weight is 633 g/mol. The molecule has 0 saturated carbocycles. The number of ether oxygens (including phenoxy) is 1. The van der Waals surface area contributed by atoms with Gasteiger partial charge in [-0.1, -0.05) is 77.5 Å². The molecule has 0 radical (unpaired) electrons. The molecule has 2 aliphatic heterocycles. The van der Waals surface area contributed by atoms with Gasteiger partial charge < -0.3 is 15.4 Å². The number of carbonyl (C=O) groups is 3. The van der Waals surface area contributed by atoms with E-state index in [1.54, 1.807) is 24.0 Å². The summed E-state index contributed by atoms with van der Waals surface area (Å²) in [5.41, 5.74) is 7.14. The summed E-state index contributed by atoms with van der Waals surface area (Å²) in [7, 11) is -1.34. The highest BCUT2D eigenvalue weighted by molar-refractivity contribution is 9.10. The number of benzene rings is 2. The van der Waals surface area contributed by atoms with E-state index in [9.17, 15) is 14.4 Å². The van der Waals surface area contributed by atoms with E-state index >= 15 is 0 Å². The first-order valence-electron chi connectivity index (χ1n) is 13.0. The second kappa shape index (κ2) is 11.2. The standard InChI is InChI=1S/C29H35BrClN3O4Si/c1-18(2)27-29(23(19-7-6-8-21(31)13-19)15-26(36)33(27)16-25(32)35)22-10-9-20(30)14-24(22)34(28(29)37)17-38-11-12-39(3,4)5/h6-10,13-14,23,27H,1,11-12,15-17H2,2-5H3,(H2,32,35)/t23-,27+,29-/m0/s1. The van der Waals surface area contributed by atoms with Crippen molar-refractivity contribution in [1.29, 1.82) is 0 Å². The third kappa shape index (κ3) is 5.59. The Hall–Kier alpha value is -2.46. The molecule has 1 saturated heterocycles. The maximum absolute atomic E-state index is 14.9. The number of fused-ring (bicyclic) bond motifs is 2. The quantitative estimate of drug-likeness (QED) is 0.226. The smallest absolute Gasteiger partial charge is 0.242 e. The summed E-state index contributed by atoms with van der Waals surface area (Å²) in [5, 5.41) is 0.509. The van der Waals surface area contributed by atoms with E-state index in [-0.39, 0.29) is 31.5 Å². The van der Waals surface area contributed by atoms with Crippen LogP contribution in [0.5, 0.6) is 0 Å². The Kier molecular flexibility index (Phi) is 8.47. The second-order valence-electron chi connectivity index (χ2n) is 11.7. The fraction of sp³-hybridized carbons (Fsp3) is 0.414. The van der Waals surface area contributed by atoms with Crippen LogP contribution in [0.25, 0.3) is 0 Å². The Bertz CT molecular complexity index is 1330. The highest BCUT2D eigenvalue weighted by Crippen LogP contribution is 2.58. The highest BCUT2D eigenvalue weighted by Gasteiger charge is 2.65. The van der Waals surface area contributed by atoms with E-state index in [1.165, 1.54) is 4.90 Å². The molecule has 10 heteroatoms. The molecular weight excluding hydrogens is 598 g/mol. The maximum Gasteiger partial charge on any atom is 0.242 e. The lowest BCUT2D eigenvalue weighted by molar-refractivity contribution is -0.147. The molecule has 2 N–H and O–H groups in total. The minimum absolute atomic E-state index is 0.00294. The van der Waals surface area contributed by atoms with Gasteiger partial charge in [-0.25, -0.2) is 0 Å². The SMILES string of the molecule is C=C(C)[C@H]1N(CC(N)=O)C(=O)C[C@@H](c2cccc(Cl)c2)[C@]12C(=O)N(COCC[Si](C)(C)C)c1cc(Br)ccc12. The van der Waals surface area contributed by atoms with Crippen LogP contribution >= 0.6 is 27.5 Å². The molecule has 3 atom stereocenters. The summed E-state index contributed by atoms with van der Waals surface area (Å²) in [6.07, 6.45) is 0.00294. The minimum atomic E-state index is -1.34. The van der Waals surface area contributed by atoms with Crippen molar-refractivity contribution < 1.29 is 19.1 Å². The molecular formula is C29H35BrClN3O4Si. The van der Waals surface area contributed by atoms with Gasteiger partial charge in [0.25, 0.3) is 0 Å². The Balaban J connectivity index is 1.93. The second-order valence-corrected chi connectivity index (χ2v) is 18.6. The predicted octanol–water partition coefficient (Wildman–Crippen LogP) is 5.45. The first-order valence-corrected chi connectivity index (χ1v) is 17.8. The normalized spacial score (nSPS) is 22.9. The maximum atomic E-state index is 14.9. The molecule has 0 unspecified atom stereocenters. The fourth-order valence-electron chi connectivity index (χ4n) is 5.93. The summed E-state index contributed by atoms with van der Waals surface area (Å²) in [5.74, 6) is -1.69. The van der Waals surface area contributed by atoms with Crippen molar-refractivity contribution in [3.63, 3.8) is 0 Å². The topological polar surface area (TPSA) is 92.9 Å². The number of primary amides is 1. The zero-order valence-electron chi connectivity index (χ0n) is 22.8. The Morgan fingerprint density at radius 1 is 1.23 bits per heavy atom. The van der Waals surface area contributed by atoms with Gasteiger partial charge >= 0.3 is 0 Å². The highest BCUT2D eigenvalue weighted by atomic mass is 79.9. The summed E-state index contributed by atoms with van der Waals surface area (Å²) < 4.78 is 6.90. The number of amides is 3. The average Bonchev–Trinajstić information content (AvgIpc) is 3.05. The van der Waals surface area contributed by atoms with Gasteiger partial charge in [0.1, 0.15) is 12.1 Å². The summed E-state index contributed by atoms with van der Waals surface area (Å²) in [6, 6.07) is 13.2. The zero-order chi connectivity index (χ0) is 28.7. The van der Waals surface area contributed by atoms with Gasteiger partial charge in [0.2, 0.25) is 17.7 Å². The van der Waals surface area contributed by atoms with Crippen LogP contribution in [0.2, 0.25) is 30.7 Å². The molecule has 2 aromatic rings. The molecule has 2 heterocycles. The van der Waals surface area contributed by atoms with Crippen molar-refractivity contribution in [2.75, 3.05) is 24.8 Å². The molecule has 2 aliphatic rings. The van der Waals surface area contributed by atoms with Gasteiger partial charge in [-0.15, -0.1) is 0 Å². The Morgan fingerprint density at radius 2 is 1.95 bits per heavy atom. The Labute approximate surface area is 244 Å². The molecule has 0 bridgehead atoms. The van der Waals surface area contributed by atoms with Crippen LogP contribution in [0.3, 0.4) is 0 Å². The molecule has 4 rings (SSSR count). The van der Waals surface area contributed by atoms with E-state index in [2.05, 4.69) is 42.1 Å². The molecule has 1 spiro atoms. The van der Waals surface area contributed by atoms with E-state index in [4.69, 9.17) is 22.1 Å². The van der Waals surface area contributed by atoms with Crippen molar-refractivity contribution in [1.82, 2.24) is 4.90 Å². The molecule has 3 amide bonds. The number of halogens is 2. The first kappa shape index (κ1) is 29.5. The summed E-state index contributed by atoms with van der Waals surface area (Å²) in [6.45, 7) is 13.1. The number of piperidine rings is 1. The number of nitrogens with zero attached hydrogens (tertiary/aromatic N) is 2. The van der Waals surface area contributed by atoms with E-state index in [0.29, 0.717) is 22.9 Å². The van der Waals surface area contributed by atoms with Crippen LogP contribution in [-0.2, 0) is 24.5 Å². The van der Waals surface area contributed by atoms with Gasteiger partial charge in [0, 0.05) is 36.5 Å². The zero-order valence-corrected chi connectivity index (χ0v) is 26.1. The Morgan fingerprint density at radius 3 is 2.56 bits per heavy atom. The molecule has 1 fully saturated rings. The summed E-state index contributed by atoms with van der Waals surface area (Å²) in [4.78, 5) is 43.7. The van der Waals surface area contributed by atoms with Crippen molar-refractivity contribution >= 4 is 59.0 Å². The molecule has 0 aromatic heterocycles. The van der Waals surface area contributed by atoms with Crippen LogP contribution in [0.15, 0.2) is 59.1 Å². The number of likely N-dealkylation sites (tertiary alicyclic amines) is 1. The lowest BCUT2D eigenvalue weighted by atomic mass is 9.58. The fourth-order valence-corrected chi connectivity index (χ4v) is 7.23. The van der Waals surface area contributed by atoms with Crippen LogP contribution in [0, 0.1) is 0 Å². The van der Waals surface area contributed by atoms with Gasteiger partial charge in [-0.3, -0.25) is 19.3 Å². The number of hydrogen-bond acceptors (Lipinski definition) is 4. The summed E-state index contributed by atoms with van der Waals surface area (Å²) >= 11 is 9.97.